The molecule has 0 saturated heterocycles. The van der Waals surface area contributed by atoms with Crippen LogP contribution in [0.1, 0.15) is 42.5 Å². The predicted molar refractivity (Wildman–Crippen MR) is 88.4 cm³/mol. The van der Waals surface area contributed by atoms with Crippen LogP contribution in [0.5, 0.6) is 0 Å². The van der Waals surface area contributed by atoms with Crippen molar-refractivity contribution >= 4 is 11.3 Å². The van der Waals surface area contributed by atoms with E-state index in [1.165, 1.54) is 17.5 Å². The van der Waals surface area contributed by atoms with Gasteiger partial charge < -0.3 is 5.73 Å². The molecule has 1 aliphatic carbocycles. The van der Waals surface area contributed by atoms with Gasteiger partial charge in [-0.15, -0.1) is 11.3 Å². The average Bonchev–Trinajstić information content (AvgIpc) is 3.01. The van der Waals surface area contributed by atoms with E-state index >= 15 is 0 Å². The van der Waals surface area contributed by atoms with E-state index in [9.17, 15) is 0 Å². The van der Waals surface area contributed by atoms with Crippen molar-refractivity contribution in [3.63, 3.8) is 0 Å². The number of hydrogen-bond acceptors (Lipinski definition) is 4. The standard InChI is InChI=1S/C17H23N3S/c1-13-7-8-17(11-18,16-6-4-3-5-15(13)16)20(2)9-14-10-21-12-19-14/h3-6,10,12-13H,7-9,11,18H2,1-2H3. The summed E-state index contributed by atoms with van der Waals surface area (Å²) >= 11 is 1.65. The monoisotopic (exact) mass is 301 g/mol. The number of fused-ring (bicyclic) bond motifs is 1. The first-order valence-corrected chi connectivity index (χ1v) is 8.49. The van der Waals surface area contributed by atoms with Crippen molar-refractivity contribution in [2.75, 3.05) is 13.6 Å². The second-order valence-electron chi connectivity index (χ2n) is 6.10. The number of rotatable bonds is 4. The molecular weight excluding hydrogens is 278 g/mol. The summed E-state index contributed by atoms with van der Waals surface area (Å²) < 4.78 is 0. The van der Waals surface area contributed by atoms with E-state index in [4.69, 9.17) is 5.73 Å². The van der Waals surface area contributed by atoms with Crippen LogP contribution in [-0.4, -0.2) is 23.5 Å². The zero-order chi connectivity index (χ0) is 14.9. The molecule has 2 unspecified atom stereocenters. The topological polar surface area (TPSA) is 42.1 Å². The molecule has 0 bridgehead atoms. The van der Waals surface area contributed by atoms with Gasteiger partial charge in [0.25, 0.3) is 0 Å². The van der Waals surface area contributed by atoms with E-state index in [0.717, 1.165) is 18.7 Å². The lowest BCUT2D eigenvalue weighted by atomic mass is 9.71. The molecule has 0 aliphatic heterocycles. The highest BCUT2D eigenvalue weighted by Gasteiger charge is 2.40. The summed E-state index contributed by atoms with van der Waals surface area (Å²) in [5.41, 5.74) is 12.1. The summed E-state index contributed by atoms with van der Waals surface area (Å²) in [6.45, 7) is 3.82. The summed E-state index contributed by atoms with van der Waals surface area (Å²) in [6.07, 6.45) is 2.30. The Morgan fingerprint density at radius 1 is 1.43 bits per heavy atom. The zero-order valence-electron chi connectivity index (χ0n) is 12.7. The fourth-order valence-electron chi connectivity index (χ4n) is 3.57. The van der Waals surface area contributed by atoms with Crippen molar-refractivity contribution in [3.8, 4) is 0 Å². The number of nitrogens with two attached hydrogens (primary N) is 1. The molecule has 2 N–H and O–H groups in total. The molecule has 21 heavy (non-hydrogen) atoms. The minimum atomic E-state index is -0.0628. The van der Waals surface area contributed by atoms with E-state index in [1.807, 2.05) is 5.51 Å². The molecule has 0 amide bonds. The van der Waals surface area contributed by atoms with Crippen LogP contribution < -0.4 is 5.73 Å². The molecule has 1 heterocycles. The molecular formula is C17H23N3S. The number of thiazole rings is 1. The lowest BCUT2D eigenvalue weighted by Gasteiger charge is -2.46. The van der Waals surface area contributed by atoms with Gasteiger partial charge in [0, 0.05) is 18.5 Å². The van der Waals surface area contributed by atoms with Crippen LogP contribution in [0.15, 0.2) is 35.2 Å². The molecule has 0 fully saturated rings. The summed E-state index contributed by atoms with van der Waals surface area (Å²) in [4.78, 5) is 6.82. The van der Waals surface area contributed by atoms with Gasteiger partial charge in [0.05, 0.1) is 16.7 Å². The van der Waals surface area contributed by atoms with Gasteiger partial charge in [-0.05, 0) is 36.9 Å². The van der Waals surface area contributed by atoms with Crippen LogP contribution in [-0.2, 0) is 12.1 Å². The molecule has 1 aromatic carbocycles. The molecule has 2 aromatic rings. The van der Waals surface area contributed by atoms with Crippen LogP contribution in [0.4, 0.5) is 0 Å². The maximum absolute atomic E-state index is 6.27. The predicted octanol–water partition coefficient (Wildman–Crippen LogP) is 3.33. The van der Waals surface area contributed by atoms with Crippen molar-refractivity contribution in [2.45, 2.75) is 37.8 Å². The molecule has 0 radical (unpaired) electrons. The molecule has 1 aromatic heterocycles. The van der Waals surface area contributed by atoms with Gasteiger partial charge in [-0.2, -0.15) is 0 Å². The van der Waals surface area contributed by atoms with E-state index in [-0.39, 0.29) is 5.54 Å². The molecule has 1 aliphatic rings. The summed E-state index contributed by atoms with van der Waals surface area (Å²) in [6, 6.07) is 8.80. The Kier molecular flexibility index (Phi) is 4.11. The Balaban J connectivity index is 1.98. The second kappa shape index (κ2) is 5.87. The molecule has 3 nitrogen and oxygen atoms in total. The molecule has 4 heteroatoms. The SMILES string of the molecule is CC1CCC(CN)(N(C)Cc2cscn2)c2ccccc21. The van der Waals surface area contributed by atoms with Crippen molar-refractivity contribution in [2.24, 2.45) is 5.73 Å². The Morgan fingerprint density at radius 3 is 2.95 bits per heavy atom. The minimum Gasteiger partial charge on any atom is -0.328 e. The van der Waals surface area contributed by atoms with Crippen LogP contribution in [0.3, 0.4) is 0 Å². The highest BCUT2D eigenvalue weighted by molar-refractivity contribution is 7.07. The number of benzene rings is 1. The van der Waals surface area contributed by atoms with Gasteiger partial charge in [-0.1, -0.05) is 31.2 Å². The van der Waals surface area contributed by atoms with Gasteiger partial charge in [0.15, 0.2) is 0 Å². The first-order valence-electron chi connectivity index (χ1n) is 7.55. The molecule has 0 saturated carbocycles. The maximum Gasteiger partial charge on any atom is 0.0795 e. The Bertz CT molecular complexity index is 596. The van der Waals surface area contributed by atoms with Gasteiger partial charge in [0.1, 0.15) is 0 Å². The van der Waals surface area contributed by atoms with Gasteiger partial charge >= 0.3 is 0 Å². The number of likely N-dealkylation sites (N-methyl/N-ethyl adjacent to an activating group) is 1. The molecule has 3 rings (SSSR count). The smallest absolute Gasteiger partial charge is 0.0795 e. The van der Waals surface area contributed by atoms with Crippen LogP contribution in [0.2, 0.25) is 0 Å². The van der Waals surface area contributed by atoms with E-state index in [1.54, 1.807) is 11.3 Å². The molecule has 0 spiro atoms. The third-order valence-electron chi connectivity index (χ3n) is 4.94. The summed E-state index contributed by atoms with van der Waals surface area (Å²) in [5, 5.41) is 2.12. The fraction of sp³-hybridized carbons (Fsp3) is 0.471. The molecule has 112 valence electrons. The Labute approximate surface area is 130 Å². The highest BCUT2D eigenvalue weighted by Crippen LogP contribution is 2.44. The van der Waals surface area contributed by atoms with Gasteiger partial charge in [0.2, 0.25) is 0 Å². The first kappa shape index (κ1) is 14.7. The van der Waals surface area contributed by atoms with Gasteiger partial charge in [-0.25, -0.2) is 4.98 Å². The van der Waals surface area contributed by atoms with E-state index in [0.29, 0.717) is 12.5 Å². The van der Waals surface area contributed by atoms with Crippen LogP contribution in [0.25, 0.3) is 0 Å². The normalized spacial score (nSPS) is 25.0. The number of hydrogen-bond donors (Lipinski definition) is 1. The average molecular weight is 301 g/mol. The van der Waals surface area contributed by atoms with Crippen molar-refractivity contribution in [3.05, 3.63) is 52.0 Å². The maximum atomic E-state index is 6.27. The first-order chi connectivity index (χ1) is 10.2. The van der Waals surface area contributed by atoms with Crippen LogP contribution in [0, 0.1) is 0 Å². The number of nitrogens with zero attached hydrogens (tertiary/aromatic N) is 2. The minimum absolute atomic E-state index is 0.0628. The third-order valence-corrected chi connectivity index (χ3v) is 5.57. The van der Waals surface area contributed by atoms with Crippen molar-refractivity contribution < 1.29 is 0 Å². The zero-order valence-corrected chi connectivity index (χ0v) is 13.6. The van der Waals surface area contributed by atoms with Gasteiger partial charge in [-0.3, -0.25) is 4.90 Å². The van der Waals surface area contributed by atoms with E-state index in [2.05, 4.69) is 53.5 Å². The second-order valence-corrected chi connectivity index (χ2v) is 6.82. The fourth-order valence-corrected chi connectivity index (χ4v) is 4.12. The summed E-state index contributed by atoms with van der Waals surface area (Å²) in [5.74, 6) is 0.619. The van der Waals surface area contributed by atoms with Crippen molar-refractivity contribution in [1.82, 2.24) is 9.88 Å². The number of aromatic nitrogens is 1. The third kappa shape index (κ3) is 2.52. The van der Waals surface area contributed by atoms with Crippen LogP contribution >= 0.6 is 11.3 Å². The summed E-state index contributed by atoms with van der Waals surface area (Å²) in [7, 11) is 2.18. The Morgan fingerprint density at radius 2 is 2.24 bits per heavy atom. The molecule has 2 atom stereocenters. The van der Waals surface area contributed by atoms with E-state index < -0.39 is 0 Å². The highest BCUT2D eigenvalue weighted by atomic mass is 32.1. The Hall–Kier alpha value is -1.23. The largest absolute Gasteiger partial charge is 0.328 e. The lowest BCUT2D eigenvalue weighted by molar-refractivity contribution is 0.0909. The van der Waals surface area contributed by atoms with Crippen molar-refractivity contribution in [1.29, 1.82) is 0 Å². The lowest BCUT2D eigenvalue weighted by Crippen LogP contribution is -2.51. The quantitative estimate of drug-likeness (QED) is 0.942.